The molecule has 1 fully saturated rings. The molecule has 1 heterocycles. The van der Waals surface area contributed by atoms with Crippen LogP contribution in [0.4, 0.5) is 11.4 Å². The molecule has 2 unspecified atom stereocenters. The molecule has 0 spiro atoms. The average Bonchev–Trinajstić information content (AvgIpc) is 2.89. The Morgan fingerprint density at radius 1 is 1.08 bits per heavy atom. The Hall–Kier alpha value is -2.94. The highest BCUT2D eigenvalue weighted by Gasteiger charge is 2.40. The number of hydrogen-bond donors (Lipinski definition) is 1. The monoisotopic (exact) mass is 376 g/mol. The molecule has 2 aromatic rings. The maximum atomic E-state index is 12.3. The zero-order chi connectivity index (χ0) is 18.7. The number of para-hydroxylation sites is 1. The number of nitro groups is 1. The van der Waals surface area contributed by atoms with Crippen LogP contribution in [0.25, 0.3) is 0 Å². The van der Waals surface area contributed by atoms with Gasteiger partial charge in [0.1, 0.15) is 6.10 Å². The molecule has 0 amide bonds. The van der Waals surface area contributed by atoms with E-state index in [1.807, 2.05) is 18.2 Å². The van der Waals surface area contributed by atoms with E-state index >= 15 is 0 Å². The Labute approximate surface area is 149 Å². The summed E-state index contributed by atoms with van der Waals surface area (Å²) in [6, 6.07) is 13.4. The fourth-order valence-electron chi connectivity index (χ4n) is 2.74. The Morgan fingerprint density at radius 3 is 2.35 bits per heavy atom. The summed E-state index contributed by atoms with van der Waals surface area (Å²) in [6.07, 6.45) is -0.845. The summed E-state index contributed by atoms with van der Waals surface area (Å²) in [7, 11) is -3.34. The number of nitrogens with one attached hydrogen (secondary N) is 1. The van der Waals surface area contributed by atoms with Gasteiger partial charge in [0.15, 0.2) is 9.84 Å². The first-order valence-corrected chi connectivity index (χ1v) is 9.64. The van der Waals surface area contributed by atoms with E-state index in [0.29, 0.717) is 0 Å². The lowest BCUT2D eigenvalue weighted by Gasteiger charge is -2.21. The van der Waals surface area contributed by atoms with E-state index in [9.17, 15) is 23.3 Å². The van der Waals surface area contributed by atoms with Gasteiger partial charge in [0.05, 0.1) is 28.0 Å². The van der Waals surface area contributed by atoms with E-state index in [0.717, 1.165) is 5.69 Å². The molecule has 0 radical (unpaired) electrons. The smallest absolute Gasteiger partial charge is 0.338 e. The van der Waals surface area contributed by atoms with Crippen molar-refractivity contribution in [3.63, 3.8) is 0 Å². The van der Waals surface area contributed by atoms with Gasteiger partial charge in [-0.15, -0.1) is 0 Å². The molecule has 0 aliphatic carbocycles. The molecule has 1 aliphatic heterocycles. The molecule has 8 nitrogen and oxygen atoms in total. The quantitative estimate of drug-likeness (QED) is 0.482. The van der Waals surface area contributed by atoms with Crippen molar-refractivity contribution in [2.45, 2.75) is 12.1 Å². The largest absolute Gasteiger partial charge is 0.455 e. The molecule has 1 aliphatic rings. The number of carbonyl (C=O) groups is 1. The highest BCUT2D eigenvalue weighted by atomic mass is 32.2. The van der Waals surface area contributed by atoms with Crippen LogP contribution in [0.5, 0.6) is 0 Å². The number of carbonyl (C=O) groups excluding carboxylic acids is 1. The number of ether oxygens (including phenoxy) is 1. The van der Waals surface area contributed by atoms with Gasteiger partial charge in [0.2, 0.25) is 0 Å². The van der Waals surface area contributed by atoms with E-state index < -0.39 is 32.9 Å². The number of rotatable bonds is 5. The maximum absolute atomic E-state index is 12.3. The van der Waals surface area contributed by atoms with Gasteiger partial charge in [-0.2, -0.15) is 0 Å². The molecule has 1 N–H and O–H groups in total. The summed E-state index contributed by atoms with van der Waals surface area (Å²) >= 11 is 0. The second-order valence-corrected chi connectivity index (χ2v) is 8.10. The Morgan fingerprint density at radius 2 is 1.73 bits per heavy atom. The van der Waals surface area contributed by atoms with Gasteiger partial charge in [0.25, 0.3) is 5.69 Å². The van der Waals surface area contributed by atoms with Crippen molar-refractivity contribution < 1.29 is 22.9 Å². The van der Waals surface area contributed by atoms with Crippen LogP contribution in [0.15, 0.2) is 54.6 Å². The molecule has 3 rings (SSSR count). The first kappa shape index (κ1) is 17.9. The maximum Gasteiger partial charge on any atom is 0.338 e. The van der Waals surface area contributed by atoms with E-state index in [1.165, 1.54) is 24.3 Å². The zero-order valence-corrected chi connectivity index (χ0v) is 14.4. The second kappa shape index (κ2) is 7.12. The second-order valence-electron chi connectivity index (χ2n) is 5.94. The van der Waals surface area contributed by atoms with Gasteiger partial charge >= 0.3 is 5.97 Å². The van der Waals surface area contributed by atoms with Crippen molar-refractivity contribution in [3.05, 3.63) is 70.3 Å². The van der Waals surface area contributed by atoms with E-state index in [2.05, 4.69) is 5.32 Å². The van der Waals surface area contributed by atoms with Crippen LogP contribution in [-0.2, 0) is 14.6 Å². The summed E-state index contributed by atoms with van der Waals surface area (Å²) in [5.74, 6) is -1.13. The van der Waals surface area contributed by atoms with Gasteiger partial charge in [-0.05, 0) is 24.3 Å². The van der Waals surface area contributed by atoms with Crippen molar-refractivity contribution in [1.29, 1.82) is 0 Å². The molecule has 0 saturated carbocycles. The van der Waals surface area contributed by atoms with Crippen molar-refractivity contribution in [2.24, 2.45) is 0 Å². The molecule has 1 saturated heterocycles. The highest BCUT2D eigenvalue weighted by Crippen LogP contribution is 2.22. The van der Waals surface area contributed by atoms with Crippen LogP contribution in [0, 0.1) is 10.1 Å². The minimum Gasteiger partial charge on any atom is -0.455 e. The molecule has 2 atom stereocenters. The number of non-ortho nitro benzene ring substituents is 1. The fourth-order valence-corrected chi connectivity index (χ4v) is 4.52. The van der Waals surface area contributed by atoms with Gasteiger partial charge in [0, 0.05) is 17.8 Å². The first-order valence-electron chi connectivity index (χ1n) is 7.81. The Balaban J connectivity index is 1.73. The van der Waals surface area contributed by atoms with Crippen LogP contribution >= 0.6 is 0 Å². The molecular weight excluding hydrogens is 360 g/mol. The molecule has 26 heavy (non-hydrogen) atoms. The number of hydrogen-bond acceptors (Lipinski definition) is 7. The standard InChI is InChI=1S/C17H16N2O6S/c20-17(12-6-8-14(9-7-12)19(21)22)25-16-11-26(23,24)10-15(16)18-13-4-2-1-3-5-13/h1-9,15-16,18H,10-11H2. The topological polar surface area (TPSA) is 116 Å². The van der Waals surface area contributed by atoms with Gasteiger partial charge in [-0.3, -0.25) is 10.1 Å². The van der Waals surface area contributed by atoms with Gasteiger partial charge in [-0.1, -0.05) is 18.2 Å². The predicted octanol–water partition coefficient (Wildman–Crippen LogP) is 2.03. The molecule has 2 aromatic carbocycles. The number of esters is 1. The van der Waals surface area contributed by atoms with E-state index in [-0.39, 0.29) is 22.8 Å². The lowest BCUT2D eigenvalue weighted by atomic mass is 10.1. The lowest BCUT2D eigenvalue weighted by molar-refractivity contribution is -0.384. The molecule has 0 bridgehead atoms. The summed E-state index contributed by atoms with van der Waals surface area (Å²) in [6.45, 7) is 0. The third-order valence-corrected chi connectivity index (χ3v) is 5.70. The van der Waals surface area contributed by atoms with Crippen LogP contribution < -0.4 is 5.32 Å². The molecule has 0 aromatic heterocycles. The lowest BCUT2D eigenvalue weighted by Crippen LogP contribution is -2.35. The number of nitrogens with zero attached hydrogens (tertiary/aromatic N) is 1. The highest BCUT2D eigenvalue weighted by molar-refractivity contribution is 7.91. The Bertz CT molecular complexity index is 912. The third-order valence-electron chi connectivity index (χ3n) is 4.00. The average molecular weight is 376 g/mol. The SMILES string of the molecule is O=C(OC1CS(=O)(=O)CC1Nc1ccccc1)c1ccc([N+](=O)[O-])cc1. The normalized spacial score (nSPS) is 21.1. The van der Waals surface area contributed by atoms with Gasteiger partial charge < -0.3 is 10.1 Å². The van der Waals surface area contributed by atoms with Crippen molar-refractivity contribution >= 4 is 27.2 Å². The third kappa shape index (κ3) is 4.17. The molecule has 9 heteroatoms. The van der Waals surface area contributed by atoms with Crippen molar-refractivity contribution in [2.75, 3.05) is 16.8 Å². The Kier molecular flexibility index (Phi) is 4.90. The molecule has 136 valence electrons. The first-order chi connectivity index (χ1) is 12.3. The molecular formula is C17H16N2O6S. The summed E-state index contributed by atoms with van der Waals surface area (Å²) in [5, 5.41) is 13.7. The van der Waals surface area contributed by atoms with E-state index in [1.54, 1.807) is 12.1 Å². The number of sulfone groups is 1. The van der Waals surface area contributed by atoms with Crippen LogP contribution in [0.1, 0.15) is 10.4 Å². The van der Waals surface area contributed by atoms with Crippen LogP contribution in [0.2, 0.25) is 0 Å². The fraction of sp³-hybridized carbons (Fsp3) is 0.235. The predicted molar refractivity (Wildman–Crippen MR) is 94.8 cm³/mol. The summed E-state index contributed by atoms with van der Waals surface area (Å²) < 4.78 is 29.3. The van der Waals surface area contributed by atoms with E-state index in [4.69, 9.17) is 4.74 Å². The van der Waals surface area contributed by atoms with Gasteiger partial charge in [-0.25, -0.2) is 13.2 Å². The summed E-state index contributed by atoms with van der Waals surface area (Å²) in [4.78, 5) is 22.4. The summed E-state index contributed by atoms with van der Waals surface area (Å²) in [5.41, 5.74) is 0.706. The minimum absolute atomic E-state index is 0.123. The number of anilines is 1. The van der Waals surface area contributed by atoms with Crippen molar-refractivity contribution in [1.82, 2.24) is 0 Å². The number of nitro benzene ring substituents is 1. The minimum atomic E-state index is -3.34. The van der Waals surface area contributed by atoms with Crippen LogP contribution in [0.3, 0.4) is 0 Å². The number of benzene rings is 2. The zero-order valence-electron chi connectivity index (χ0n) is 13.6. The van der Waals surface area contributed by atoms with Crippen LogP contribution in [-0.4, -0.2) is 43.0 Å². The van der Waals surface area contributed by atoms with Crippen molar-refractivity contribution in [3.8, 4) is 0 Å².